The Balaban J connectivity index is 2.53. The van der Waals surface area contributed by atoms with Crippen LogP contribution in [-0.4, -0.2) is 33.7 Å². The predicted molar refractivity (Wildman–Crippen MR) is 83.5 cm³/mol. The van der Waals surface area contributed by atoms with Crippen LogP contribution in [0.2, 0.25) is 0 Å². The maximum absolute atomic E-state index is 10.9. The minimum atomic E-state index is -3.18. The zero-order valence-corrected chi connectivity index (χ0v) is 12.9. The van der Waals surface area contributed by atoms with Crippen LogP contribution in [0.1, 0.15) is 25.3 Å². The Morgan fingerprint density at radius 1 is 1.40 bits per heavy atom. The molecule has 1 rings (SSSR count). The molecule has 0 aliphatic rings. The fraction of sp³-hybridized carbons (Fsp3) is 0.462. The van der Waals surface area contributed by atoms with Gasteiger partial charge in [0.2, 0.25) is 10.0 Å². The summed E-state index contributed by atoms with van der Waals surface area (Å²) in [6, 6.07) is 7.93. The lowest BCUT2D eigenvalue weighted by Crippen LogP contribution is -2.27. The highest BCUT2D eigenvalue weighted by Gasteiger charge is 2.01. The first-order valence-corrected chi connectivity index (χ1v) is 8.28. The van der Waals surface area contributed by atoms with E-state index in [1.54, 1.807) is 0 Å². The molecule has 0 fully saturated rings. The van der Waals surface area contributed by atoms with Crippen LogP contribution in [0.4, 0.5) is 5.69 Å². The van der Waals surface area contributed by atoms with Gasteiger partial charge in [-0.2, -0.15) is 0 Å². The maximum Gasteiger partial charge on any atom is 0.208 e. The Hall–Kier alpha value is -1.60. The van der Waals surface area contributed by atoms with E-state index in [0.29, 0.717) is 5.92 Å². The molecule has 7 heteroatoms. The van der Waals surface area contributed by atoms with E-state index in [9.17, 15) is 8.42 Å². The first kappa shape index (κ1) is 16.5. The highest BCUT2D eigenvalue weighted by molar-refractivity contribution is 7.88. The summed E-state index contributed by atoms with van der Waals surface area (Å²) in [7, 11) is -3.18. The van der Waals surface area contributed by atoms with Crippen molar-refractivity contribution in [1.82, 2.24) is 4.72 Å². The molecule has 0 spiro atoms. The Bertz CT molecular complexity index is 567. The molecule has 0 saturated carbocycles. The lowest BCUT2D eigenvalue weighted by Gasteiger charge is -2.10. The fourth-order valence-corrected chi connectivity index (χ4v) is 2.03. The van der Waals surface area contributed by atoms with Crippen LogP contribution < -0.4 is 15.8 Å². The summed E-state index contributed by atoms with van der Waals surface area (Å²) >= 11 is 0. The molecule has 0 heterocycles. The molecule has 20 heavy (non-hydrogen) atoms. The molecule has 4 N–H and O–H groups in total. The van der Waals surface area contributed by atoms with Gasteiger partial charge in [0.1, 0.15) is 0 Å². The monoisotopic (exact) mass is 298 g/mol. The van der Waals surface area contributed by atoms with E-state index in [0.717, 1.165) is 11.9 Å². The van der Waals surface area contributed by atoms with Gasteiger partial charge in [-0.1, -0.05) is 26.0 Å². The van der Waals surface area contributed by atoms with Crippen molar-refractivity contribution in [3.8, 4) is 0 Å². The summed E-state index contributed by atoms with van der Waals surface area (Å²) in [5, 5.41) is 2.99. The highest BCUT2D eigenvalue weighted by atomic mass is 32.2. The zero-order valence-electron chi connectivity index (χ0n) is 12.1. The minimum absolute atomic E-state index is 0.229. The molecule has 0 radical (unpaired) electrons. The molecule has 6 nitrogen and oxygen atoms in total. The van der Waals surface area contributed by atoms with Gasteiger partial charge in [0.25, 0.3) is 0 Å². The average molecular weight is 298 g/mol. The molecule has 0 unspecified atom stereocenters. The second-order valence-corrected chi connectivity index (χ2v) is 6.67. The Morgan fingerprint density at radius 2 is 2.10 bits per heavy atom. The molecule has 0 amide bonds. The number of sulfonamides is 1. The Morgan fingerprint density at radius 3 is 2.70 bits per heavy atom. The quantitative estimate of drug-likeness (QED) is 0.416. The number of aliphatic imine (C=N–C) groups is 1. The first-order valence-electron chi connectivity index (χ1n) is 6.39. The molecule has 1 aromatic rings. The van der Waals surface area contributed by atoms with Crippen molar-refractivity contribution < 1.29 is 8.42 Å². The van der Waals surface area contributed by atoms with Crippen LogP contribution in [-0.2, 0) is 10.0 Å². The Kier molecular flexibility index (Phi) is 5.97. The van der Waals surface area contributed by atoms with Gasteiger partial charge in [0.05, 0.1) is 12.8 Å². The van der Waals surface area contributed by atoms with E-state index in [1.807, 2.05) is 18.2 Å². The van der Waals surface area contributed by atoms with Gasteiger partial charge >= 0.3 is 0 Å². The van der Waals surface area contributed by atoms with Crippen LogP contribution in [0, 0.1) is 0 Å². The minimum Gasteiger partial charge on any atom is -0.370 e. The number of nitrogens with two attached hydrogens (primary N) is 1. The standard InChI is InChI=1S/C13H22N4O2S/c1-10(2)11-5-4-6-12(9-11)17-13(14)15-7-8-16-20(3,18)19/h4-6,9-10,16H,7-8H2,1-3H3,(H3,14,15,17). The van der Waals surface area contributed by atoms with Gasteiger partial charge in [-0.3, -0.25) is 4.99 Å². The molecular formula is C13H22N4O2S. The lowest BCUT2D eigenvalue weighted by molar-refractivity contribution is 0.588. The summed E-state index contributed by atoms with van der Waals surface area (Å²) in [6.45, 7) is 4.75. The highest BCUT2D eigenvalue weighted by Crippen LogP contribution is 2.18. The summed E-state index contributed by atoms with van der Waals surface area (Å²) in [5.41, 5.74) is 7.82. The predicted octanol–water partition coefficient (Wildman–Crippen LogP) is 1.09. The van der Waals surface area contributed by atoms with Gasteiger partial charge in [0, 0.05) is 12.2 Å². The first-order chi connectivity index (χ1) is 9.28. The third kappa shape index (κ3) is 6.53. The van der Waals surface area contributed by atoms with E-state index in [4.69, 9.17) is 5.73 Å². The molecule has 1 aromatic carbocycles. The molecule has 0 bridgehead atoms. The van der Waals surface area contributed by atoms with Crippen LogP contribution in [0.5, 0.6) is 0 Å². The maximum atomic E-state index is 10.9. The van der Waals surface area contributed by atoms with Gasteiger partial charge in [-0.05, 0) is 23.6 Å². The number of nitrogens with zero attached hydrogens (tertiary/aromatic N) is 1. The largest absolute Gasteiger partial charge is 0.370 e. The van der Waals surface area contributed by atoms with Gasteiger partial charge in [-0.15, -0.1) is 0 Å². The van der Waals surface area contributed by atoms with E-state index >= 15 is 0 Å². The van der Waals surface area contributed by atoms with E-state index in [2.05, 4.69) is 34.9 Å². The van der Waals surface area contributed by atoms with Crippen molar-refractivity contribution in [1.29, 1.82) is 0 Å². The number of guanidine groups is 1. The molecule has 0 saturated heterocycles. The van der Waals surface area contributed by atoms with Crippen LogP contribution in [0.15, 0.2) is 29.3 Å². The smallest absolute Gasteiger partial charge is 0.208 e. The van der Waals surface area contributed by atoms with Crippen molar-refractivity contribution in [3.63, 3.8) is 0 Å². The molecule has 112 valence electrons. The van der Waals surface area contributed by atoms with Gasteiger partial charge in [-0.25, -0.2) is 13.1 Å². The normalized spacial score (nSPS) is 12.7. The van der Waals surface area contributed by atoms with Gasteiger partial charge in [0.15, 0.2) is 5.96 Å². The third-order valence-electron chi connectivity index (χ3n) is 2.58. The second kappa shape index (κ2) is 7.25. The SMILES string of the molecule is CC(C)c1cccc(NC(N)=NCCNS(C)(=O)=O)c1. The van der Waals surface area contributed by atoms with Crippen molar-refractivity contribution in [2.24, 2.45) is 10.7 Å². The van der Waals surface area contributed by atoms with Crippen LogP contribution in [0.3, 0.4) is 0 Å². The third-order valence-corrected chi connectivity index (χ3v) is 3.31. The molecule has 0 aliphatic carbocycles. The van der Waals surface area contributed by atoms with E-state index in [-0.39, 0.29) is 19.0 Å². The number of rotatable bonds is 6. The Labute approximate surface area is 120 Å². The van der Waals surface area contributed by atoms with Gasteiger partial charge < -0.3 is 11.1 Å². The summed E-state index contributed by atoms with van der Waals surface area (Å²) in [6.07, 6.45) is 1.11. The zero-order chi connectivity index (χ0) is 15.2. The summed E-state index contributed by atoms with van der Waals surface area (Å²) in [4.78, 5) is 4.05. The molecule has 0 atom stereocenters. The number of anilines is 1. The lowest BCUT2D eigenvalue weighted by atomic mass is 10.0. The second-order valence-electron chi connectivity index (χ2n) is 4.84. The molecular weight excluding hydrogens is 276 g/mol. The van der Waals surface area contributed by atoms with Crippen molar-refractivity contribution in [3.05, 3.63) is 29.8 Å². The summed E-state index contributed by atoms with van der Waals surface area (Å²) < 4.78 is 24.1. The van der Waals surface area contributed by atoms with Crippen LogP contribution >= 0.6 is 0 Å². The number of benzene rings is 1. The van der Waals surface area contributed by atoms with Crippen LogP contribution in [0.25, 0.3) is 0 Å². The van der Waals surface area contributed by atoms with Crippen molar-refractivity contribution >= 4 is 21.7 Å². The molecule has 0 aromatic heterocycles. The van der Waals surface area contributed by atoms with E-state index in [1.165, 1.54) is 5.56 Å². The molecule has 0 aliphatic heterocycles. The number of nitrogens with one attached hydrogen (secondary N) is 2. The average Bonchev–Trinajstić information content (AvgIpc) is 2.34. The fourth-order valence-electron chi connectivity index (χ4n) is 1.57. The van der Waals surface area contributed by atoms with Crippen molar-refractivity contribution in [2.75, 3.05) is 24.7 Å². The number of hydrogen-bond acceptors (Lipinski definition) is 3. The topological polar surface area (TPSA) is 96.6 Å². The number of hydrogen-bond donors (Lipinski definition) is 3. The van der Waals surface area contributed by atoms with Crippen molar-refractivity contribution in [2.45, 2.75) is 19.8 Å². The van der Waals surface area contributed by atoms with E-state index < -0.39 is 10.0 Å². The summed E-state index contributed by atoms with van der Waals surface area (Å²) in [5.74, 6) is 0.704.